The number of nitrogens with one attached hydrogen (secondary N) is 2. The summed E-state index contributed by atoms with van der Waals surface area (Å²) in [4.78, 5) is 31.5. The van der Waals surface area contributed by atoms with E-state index in [1.54, 1.807) is 24.5 Å². The van der Waals surface area contributed by atoms with Crippen LogP contribution in [0, 0.1) is 10.1 Å². The summed E-state index contributed by atoms with van der Waals surface area (Å²) in [7, 11) is 1.32. The molecule has 2 heterocycles. The number of nitrogens with zero attached hydrogens (tertiary/aromatic N) is 3. The van der Waals surface area contributed by atoms with Crippen LogP contribution in [0.3, 0.4) is 0 Å². The Morgan fingerprint density at radius 2 is 1.78 bits per heavy atom. The monoisotopic (exact) mass is 447 g/mol. The van der Waals surface area contributed by atoms with Crippen molar-refractivity contribution in [3.63, 3.8) is 0 Å². The summed E-state index contributed by atoms with van der Waals surface area (Å²) in [6, 6.07) is 14.9. The maximum atomic E-state index is 12.5. The summed E-state index contributed by atoms with van der Waals surface area (Å²) in [5.74, 6) is -0.377. The van der Waals surface area contributed by atoms with Crippen LogP contribution >= 0.6 is 11.3 Å². The molecule has 0 bridgehead atoms. The van der Waals surface area contributed by atoms with E-state index in [4.69, 9.17) is 4.74 Å². The van der Waals surface area contributed by atoms with Gasteiger partial charge in [-0.25, -0.2) is 4.98 Å². The van der Waals surface area contributed by atoms with Crippen LogP contribution in [-0.4, -0.2) is 27.9 Å². The molecule has 0 aliphatic heterocycles. The molecule has 0 radical (unpaired) electrons. The van der Waals surface area contributed by atoms with Crippen LogP contribution in [0.5, 0.6) is 5.75 Å². The third kappa shape index (κ3) is 4.71. The smallest absolute Gasteiger partial charge is 0.310 e. The van der Waals surface area contributed by atoms with Crippen LogP contribution in [0.15, 0.2) is 72.4 Å². The molecule has 4 aromatic rings. The normalized spacial score (nSPS) is 10.4. The van der Waals surface area contributed by atoms with Crippen molar-refractivity contribution in [1.82, 2.24) is 9.97 Å². The number of amides is 1. The third-order valence-corrected chi connectivity index (χ3v) is 5.27. The Morgan fingerprint density at radius 3 is 2.47 bits per heavy atom. The lowest BCUT2D eigenvalue weighted by Gasteiger charge is -2.08. The van der Waals surface area contributed by atoms with E-state index in [1.165, 1.54) is 36.6 Å². The molecule has 0 saturated carbocycles. The molecule has 0 spiro atoms. The standard InChI is InChI=1S/C22H17N5O4S/c1-31-20-12-15(2-7-19(20)27(29)30)21(28)24-16-3-5-17(6-4-16)25-22-26-18(13-32-22)14-8-10-23-11-9-14/h2-13H,1H3,(H,24,28)(H,25,26). The number of benzene rings is 2. The van der Waals surface area contributed by atoms with Crippen LogP contribution in [0.2, 0.25) is 0 Å². The van der Waals surface area contributed by atoms with Crippen LogP contribution < -0.4 is 15.4 Å². The number of nitro benzene ring substituents is 1. The molecule has 9 nitrogen and oxygen atoms in total. The van der Waals surface area contributed by atoms with E-state index >= 15 is 0 Å². The van der Waals surface area contributed by atoms with Crippen molar-refractivity contribution < 1.29 is 14.5 Å². The number of thiazole rings is 1. The maximum Gasteiger partial charge on any atom is 0.310 e. The molecule has 1 amide bonds. The molecule has 0 atom stereocenters. The van der Waals surface area contributed by atoms with Gasteiger partial charge in [0.15, 0.2) is 10.9 Å². The highest BCUT2D eigenvalue weighted by molar-refractivity contribution is 7.14. The zero-order valence-corrected chi connectivity index (χ0v) is 17.6. The zero-order valence-electron chi connectivity index (χ0n) is 16.8. The second-order valence-electron chi connectivity index (χ2n) is 6.57. The van der Waals surface area contributed by atoms with E-state index in [2.05, 4.69) is 20.6 Å². The highest BCUT2D eigenvalue weighted by Crippen LogP contribution is 2.29. The zero-order chi connectivity index (χ0) is 22.5. The van der Waals surface area contributed by atoms with E-state index in [1.807, 2.05) is 29.6 Å². The first-order chi connectivity index (χ1) is 15.5. The number of pyridine rings is 1. The Balaban J connectivity index is 1.41. The number of hydrogen-bond acceptors (Lipinski definition) is 8. The van der Waals surface area contributed by atoms with Gasteiger partial charge in [0.1, 0.15) is 0 Å². The lowest BCUT2D eigenvalue weighted by molar-refractivity contribution is -0.385. The highest BCUT2D eigenvalue weighted by Gasteiger charge is 2.17. The molecule has 0 fully saturated rings. The molecule has 0 unspecified atom stereocenters. The van der Waals surface area contributed by atoms with E-state index in [0.29, 0.717) is 5.69 Å². The fraction of sp³-hybridized carbons (Fsp3) is 0.0455. The molecule has 0 aliphatic rings. The largest absolute Gasteiger partial charge is 0.490 e. The second kappa shape index (κ2) is 9.23. The van der Waals surface area contributed by atoms with Crippen molar-refractivity contribution in [3.05, 3.63) is 88.0 Å². The summed E-state index contributed by atoms with van der Waals surface area (Å²) in [6.07, 6.45) is 3.45. The number of methoxy groups -OCH3 is 1. The Hall–Kier alpha value is -4.31. The van der Waals surface area contributed by atoms with E-state index < -0.39 is 10.8 Å². The summed E-state index contributed by atoms with van der Waals surface area (Å²) in [5.41, 5.74) is 3.30. The Bertz CT molecular complexity index is 1260. The molecule has 32 heavy (non-hydrogen) atoms. The lowest BCUT2D eigenvalue weighted by Crippen LogP contribution is -2.12. The molecule has 0 saturated heterocycles. The Morgan fingerprint density at radius 1 is 1.06 bits per heavy atom. The fourth-order valence-corrected chi connectivity index (χ4v) is 3.66. The van der Waals surface area contributed by atoms with Crippen LogP contribution in [0.1, 0.15) is 10.4 Å². The molecule has 0 aliphatic carbocycles. The molecule has 160 valence electrons. The first kappa shape index (κ1) is 20.9. The van der Waals surface area contributed by atoms with Gasteiger partial charge >= 0.3 is 5.69 Å². The number of hydrogen-bond donors (Lipinski definition) is 2. The molecule has 10 heteroatoms. The minimum absolute atomic E-state index is 0.0248. The summed E-state index contributed by atoms with van der Waals surface area (Å²) in [5, 5.41) is 19.7. The van der Waals surface area contributed by atoms with Gasteiger partial charge in [-0.2, -0.15) is 0 Å². The minimum Gasteiger partial charge on any atom is -0.490 e. The molecule has 2 aromatic heterocycles. The van der Waals surface area contributed by atoms with Crippen molar-refractivity contribution in [2.45, 2.75) is 0 Å². The minimum atomic E-state index is -0.561. The number of ether oxygens (including phenoxy) is 1. The number of nitro groups is 1. The third-order valence-electron chi connectivity index (χ3n) is 4.51. The van der Waals surface area contributed by atoms with Crippen molar-refractivity contribution in [1.29, 1.82) is 0 Å². The van der Waals surface area contributed by atoms with Gasteiger partial charge in [0, 0.05) is 52.4 Å². The average Bonchev–Trinajstić information content (AvgIpc) is 3.29. The first-order valence-electron chi connectivity index (χ1n) is 9.40. The lowest BCUT2D eigenvalue weighted by atomic mass is 10.1. The number of carbonyl (C=O) groups excluding carboxylic acids is 1. The van der Waals surface area contributed by atoms with E-state index in [-0.39, 0.29) is 17.0 Å². The average molecular weight is 447 g/mol. The van der Waals surface area contributed by atoms with Crippen molar-refractivity contribution in [3.8, 4) is 17.0 Å². The second-order valence-corrected chi connectivity index (χ2v) is 7.43. The Labute approximate surface area is 186 Å². The summed E-state index contributed by atoms with van der Waals surface area (Å²) >= 11 is 1.49. The summed E-state index contributed by atoms with van der Waals surface area (Å²) in [6.45, 7) is 0. The van der Waals surface area contributed by atoms with Gasteiger partial charge in [0.05, 0.1) is 17.7 Å². The van der Waals surface area contributed by atoms with E-state index in [0.717, 1.165) is 22.1 Å². The van der Waals surface area contributed by atoms with Crippen molar-refractivity contribution in [2.24, 2.45) is 0 Å². The highest BCUT2D eigenvalue weighted by atomic mass is 32.1. The van der Waals surface area contributed by atoms with Gasteiger partial charge in [0.2, 0.25) is 0 Å². The quantitative estimate of drug-likeness (QED) is 0.298. The summed E-state index contributed by atoms with van der Waals surface area (Å²) < 4.78 is 5.01. The van der Waals surface area contributed by atoms with Gasteiger partial charge in [-0.05, 0) is 42.5 Å². The maximum absolute atomic E-state index is 12.5. The van der Waals surface area contributed by atoms with Gasteiger partial charge in [0.25, 0.3) is 5.91 Å². The SMILES string of the molecule is COc1cc(C(=O)Nc2ccc(Nc3nc(-c4ccncc4)cs3)cc2)ccc1[N+](=O)[O-]. The fourth-order valence-electron chi connectivity index (χ4n) is 2.92. The van der Waals surface area contributed by atoms with Crippen LogP contribution in [-0.2, 0) is 0 Å². The number of rotatable bonds is 7. The first-order valence-corrected chi connectivity index (χ1v) is 10.3. The number of carbonyl (C=O) groups is 1. The van der Waals surface area contributed by atoms with Crippen LogP contribution in [0.4, 0.5) is 22.2 Å². The molecule has 2 N–H and O–H groups in total. The predicted molar refractivity (Wildman–Crippen MR) is 123 cm³/mol. The Kier molecular flexibility index (Phi) is 6.04. The van der Waals surface area contributed by atoms with Crippen LogP contribution in [0.25, 0.3) is 11.3 Å². The molecule has 4 rings (SSSR count). The predicted octanol–water partition coefficient (Wildman–Crippen LogP) is 5.12. The van der Waals surface area contributed by atoms with Crippen molar-refractivity contribution in [2.75, 3.05) is 17.7 Å². The number of anilines is 3. The molecule has 2 aromatic carbocycles. The van der Waals surface area contributed by atoms with Gasteiger partial charge in [-0.15, -0.1) is 11.3 Å². The van der Waals surface area contributed by atoms with Gasteiger partial charge in [-0.1, -0.05) is 0 Å². The van der Waals surface area contributed by atoms with Gasteiger partial charge in [-0.3, -0.25) is 19.9 Å². The van der Waals surface area contributed by atoms with Gasteiger partial charge < -0.3 is 15.4 Å². The van der Waals surface area contributed by atoms with E-state index in [9.17, 15) is 14.9 Å². The molecular weight excluding hydrogens is 430 g/mol. The van der Waals surface area contributed by atoms with Crippen molar-refractivity contribution >= 4 is 39.4 Å². The molecular formula is C22H17N5O4S. The topological polar surface area (TPSA) is 119 Å². The number of aromatic nitrogens is 2.